The Morgan fingerprint density at radius 2 is 0.814 bits per heavy atom. The van der Waals surface area contributed by atoms with E-state index in [1.54, 1.807) is 6.08 Å². The van der Waals surface area contributed by atoms with E-state index in [1.165, 1.54) is 89.9 Å². The first kappa shape index (κ1) is 77.5. The molecule has 19 heteroatoms. The maximum absolute atomic E-state index is 13.4. The van der Waals surface area contributed by atoms with E-state index in [-0.39, 0.29) is 18.9 Å². The standard InChI is InChI=1S/C67H117NO18/c1-3-5-7-9-11-13-15-17-19-21-22-23-24-25-26-27-29-30-32-34-36-38-40-42-44-51(72)50(68-55(73)45-43-41-39-37-35-33-31-28-20-18-16-14-12-10-8-6-4-2)49-81-65-61(79)58(76)63(53(47-70)83-65)86-67-62(80)59(77)64(54(48-71)84-67)85-66-60(78)57(75)56(74)52(46-69)82-66/h6,8,12,14,18,20,27,29,34,36,42,44,50-54,56-67,69-72,74-80H,3-5,7,9-11,13,15-17,19,21-26,28,30-33,35,37-41,43,45-49H2,1-2H3,(H,68,73)/b8-6-,14-12-,20-18-,29-27+,36-34+,44-42+. The maximum Gasteiger partial charge on any atom is 0.220 e. The largest absolute Gasteiger partial charge is 0.394 e. The number of carbonyl (C=O) groups is 1. The zero-order valence-corrected chi connectivity index (χ0v) is 52.3. The minimum absolute atomic E-state index is 0.217. The third-order valence-electron chi connectivity index (χ3n) is 16.2. The number of unbranched alkanes of at least 4 members (excludes halogenated alkanes) is 23. The SMILES string of the molecule is CC/C=C\C/C=C\C/C=C\CCCCCCCCCC(=O)NC(COC1OC(CO)C(OC2OC(CO)C(OC3OC(CO)C(O)C(O)C3O)C(O)C2O)C(O)C1O)C(O)/C=C/CC/C=C/CC/C=C/CCCCCCCCCCCCCCCC. The van der Waals surface area contributed by atoms with Gasteiger partial charge in [-0.05, 0) is 77.0 Å². The third-order valence-corrected chi connectivity index (χ3v) is 16.2. The van der Waals surface area contributed by atoms with Crippen molar-refractivity contribution in [1.82, 2.24) is 5.32 Å². The lowest BCUT2D eigenvalue weighted by atomic mass is 9.96. The molecule has 3 aliphatic heterocycles. The van der Waals surface area contributed by atoms with E-state index in [4.69, 9.17) is 28.4 Å². The third kappa shape index (κ3) is 31.3. The summed E-state index contributed by atoms with van der Waals surface area (Å²) in [7, 11) is 0. The van der Waals surface area contributed by atoms with Crippen LogP contribution in [0.15, 0.2) is 72.9 Å². The number of amides is 1. The fourth-order valence-corrected chi connectivity index (χ4v) is 10.8. The number of hydrogen-bond acceptors (Lipinski definition) is 18. The molecule has 3 fully saturated rings. The average Bonchev–Trinajstić information content (AvgIpc) is 2.24. The maximum atomic E-state index is 13.4. The molecule has 0 spiro atoms. The molecule has 0 saturated carbocycles. The Balaban J connectivity index is 1.48. The second kappa shape index (κ2) is 49.0. The molecule has 3 rings (SSSR count). The van der Waals surface area contributed by atoms with Gasteiger partial charge in [0.05, 0.1) is 38.6 Å². The lowest BCUT2D eigenvalue weighted by Crippen LogP contribution is -2.66. The first-order valence-corrected chi connectivity index (χ1v) is 33.2. The summed E-state index contributed by atoms with van der Waals surface area (Å²) in [6, 6.07) is -1.01. The van der Waals surface area contributed by atoms with Gasteiger partial charge in [0.15, 0.2) is 18.9 Å². The van der Waals surface area contributed by atoms with Crippen molar-refractivity contribution in [3.05, 3.63) is 72.9 Å². The van der Waals surface area contributed by atoms with Crippen molar-refractivity contribution in [3.63, 3.8) is 0 Å². The van der Waals surface area contributed by atoms with Crippen LogP contribution in [-0.4, -0.2) is 193 Å². The Morgan fingerprint density at radius 1 is 0.430 bits per heavy atom. The fourth-order valence-electron chi connectivity index (χ4n) is 10.8. The summed E-state index contributed by atoms with van der Waals surface area (Å²) in [6.07, 6.45) is 33.1. The van der Waals surface area contributed by atoms with Gasteiger partial charge < -0.3 is 89.9 Å². The first-order chi connectivity index (χ1) is 41.8. The summed E-state index contributed by atoms with van der Waals surface area (Å²) >= 11 is 0. The molecule has 0 bridgehead atoms. The Labute approximate surface area is 515 Å². The highest BCUT2D eigenvalue weighted by atomic mass is 16.8. The molecular formula is C67H117NO18. The molecule has 3 heterocycles. The van der Waals surface area contributed by atoms with Gasteiger partial charge in [-0.3, -0.25) is 4.79 Å². The van der Waals surface area contributed by atoms with E-state index < -0.39 is 124 Å². The monoisotopic (exact) mass is 1220 g/mol. The molecule has 17 atom stereocenters. The van der Waals surface area contributed by atoms with Crippen molar-refractivity contribution in [1.29, 1.82) is 0 Å². The zero-order chi connectivity index (χ0) is 62.6. The van der Waals surface area contributed by atoms with E-state index in [9.17, 15) is 61.0 Å². The van der Waals surface area contributed by atoms with Gasteiger partial charge in [-0.2, -0.15) is 0 Å². The quantitative estimate of drug-likeness (QED) is 0.0204. The highest BCUT2D eigenvalue weighted by Crippen LogP contribution is 2.33. The summed E-state index contributed by atoms with van der Waals surface area (Å²) < 4.78 is 34.3. The molecule has 12 N–H and O–H groups in total. The van der Waals surface area contributed by atoms with Gasteiger partial charge in [0.1, 0.15) is 73.2 Å². The number of rotatable bonds is 49. The number of ether oxygens (including phenoxy) is 6. The predicted octanol–water partition coefficient (Wildman–Crippen LogP) is 7.77. The summed E-state index contributed by atoms with van der Waals surface area (Å²) in [5.74, 6) is -0.302. The van der Waals surface area contributed by atoms with Gasteiger partial charge in [0.2, 0.25) is 5.91 Å². The van der Waals surface area contributed by atoms with Crippen molar-refractivity contribution in [2.45, 2.75) is 317 Å². The molecule has 0 aromatic carbocycles. The topological polar surface area (TPSA) is 307 Å². The fraction of sp³-hybridized carbons (Fsp3) is 0.806. The molecule has 0 radical (unpaired) electrons. The second-order valence-electron chi connectivity index (χ2n) is 23.5. The minimum atomic E-state index is -1.99. The summed E-state index contributed by atoms with van der Waals surface area (Å²) in [6.45, 7) is 1.58. The van der Waals surface area contributed by atoms with Crippen LogP contribution in [0.1, 0.15) is 213 Å². The van der Waals surface area contributed by atoms with Crippen LogP contribution in [-0.2, 0) is 33.2 Å². The van der Waals surface area contributed by atoms with Crippen molar-refractivity contribution in [2.24, 2.45) is 0 Å². The van der Waals surface area contributed by atoms with Crippen LogP contribution in [0.3, 0.4) is 0 Å². The Bertz CT molecular complexity index is 1850. The number of aliphatic hydroxyl groups is 11. The van der Waals surface area contributed by atoms with Crippen molar-refractivity contribution < 1.29 is 89.4 Å². The number of allylic oxidation sites excluding steroid dienone is 11. The Hall–Kier alpha value is -2.77. The lowest BCUT2D eigenvalue weighted by Gasteiger charge is -2.48. The molecule has 3 aliphatic rings. The van der Waals surface area contributed by atoms with Gasteiger partial charge in [-0.25, -0.2) is 0 Å². The van der Waals surface area contributed by atoms with Crippen LogP contribution in [0.25, 0.3) is 0 Å². The zero-order valence-electron chi connectivity index (χ0n) is 52.3. The highest BCUT2D eigenvalue weighted by Gasteiger charge is 2.53. The smallest absolute Gasteiger partial charge is 0.220 e. The van der Waals surface area contributed by atoms with E-state index in [1.807, 2.05) is 6.08 Å². The van der Waals surface area contributed by atoms with E-state index in [2.05, 4.69) is 79.9 Å². The van der Waals surface area contributed by atoms with Crippen LogP contribution in [0.4, 0.5) is 0 Å². The lowest BCUT2D eigenvalue weighted by molar-refractivity contribution is -0.379. The second-order valence-corrected chi connectivity index (χ2v) is 23.5. The highest BCUT2D eigenvalue weighted by molar-refractivity contribution is 5.76. The number of aliphatic hydroxyl groups excluding tert-OH is 11. The predicted molar refractivity (Wildman–Crippen MR) is 332 cm³/mol. The van der Waals surface area contributed by atoms with Crippen molar-refractivity contribution >= 4 is 5.91 Å². The first-order valence-electron chi connectivity index (χ1n) is 33.2. The summed E-state index contributed by atoms with van der Waals surface area (Å²) in [4.78, 5) is 13.4. The molecule has 19 nitrogen and oxygen atoms in total. The van der Waals surface area contributed by atoms with E-state index in [0.29, 0.717) is 12.8 Å². The van der Waals surface area contributed by atoms with Crippen LogP contribution in [0, 0.1) is 0 Å². The molecule has 3 saturated heterocycles. The number of hydrogen-bond donors (Lipinski definition) is 12. The molecule has 0 aromatic heterocycles. The van der Waals surface area contributed by atoms with Crippen LogP contribution >= 0.6 is 0 Å². The van der Waals surface area contributed by atoms with Crippen LogP contribution in [0.5, 0.6) is 0 Å². The molecule has 498 valence electrons. The number of nitrogens with one attached hydrogen (secondary N) is 1. The van der Waals surface area contributed by atoms with Gasteiger partial charge >= 0.3 is 0 Å². The molecule has 1 amide bonds. The molecule has 0 aliphatic carbocycles. The minimum Gasteiger partial charge on any atom is -0.394 e. The van der Waals surface area contributed by atoms with Crippen LogP contribution in [0.2, 0.25) is 0 Å². The number of carbonyl (C=O) groups excluding carboxylic acids is 1. The van der Waals surface area contributed by atoms with Crippen LogP contribution < -0.4 is 5.32 Å². The Kier molecular flexibility index (Phi) is 44.1. The van der Waals surface area contributed by atoms with Gasteiger partial charge in [-0.15, -0.1) is 0 Å². The van der Waals surface area contributed by atoms with Crippen molar-refractivity contribution in [3.8, 4) is 0 Å². The molecule has 0 aromatic rings. The molecular weight excluding hydrogens is 1110 g/mol. The van der Waals surface area contributed by atoms with Gasteiger partial charge in [0.25, 0.3) is 0 Å². The van der Waals surface area contributed by atoms with Gasteiger partial charge in [-0.1, -0.05) is 202 Å². The van der Waals surface area contributed by atoms with E-state index in [0.717, 1.165) is 89.9 Å². The molecule has 17 unspecified atom stereocenters. The average molecular weight is 1220 g/mol. The van der Waals surface area contributed by atoms with Gasteiger partial charge in [0, 0.05) is 6.42 Å². The van der Waals surface area contributed by atoms with E-state index >= 15 is 0 Å². The van der Waals surface area contributed by atoms with Crippen molar-refractivity contribution in [2.75, 3.05) is 26.4 Å². The summed E-state index contributed by atoms with van der Waals surface area (Å²) in [5, 5.41) is 120. The summed E-state index contributed by atoms with van der Waals surface area (Å²) in [5.41, 5.74) is 0. The Morgan fingerprint density at radius 3 is 1.30 bits per heavy atom. The molecule has 86 heavy (non-hydrogen) atoms. The normalized spacial score (nSPS) is 29.2.